The monoisotopic (exact) mass is 310 g/mol. The minimum Gasteiger partial charge on any atom is -0.340 e. The molecule has 1 amide bonds. The van der Waals surface area contributed by atoms with Crippen LogP contribution in [0.3, 0.4) is 0 Å². The van der Waals surface area contributed by atoms with Crippen molar-refractivity contribution in [2.24, 2.45) is 0 Å². The zero-order chi connectivity index (χ0) is 14.9. The van der Waals surface area contributed by atoms with Gasteiger partial charge in [-0.05, 0) is 56.2 Å². The maximum atomic E-state index is 15.2. The second kappa shape index (κ2) is 6.05. The van der Waals surface area contributed by atoms with E-state index in [0.717, 1.165) is 45.4 Å². The number of alkyl halides is 1. The number of hydrogen-bond donors (Lipinski definition) is 0. The van der Waals surface area contributed by atoms with Crippen LogP contribution in [0.5, 0.6) is 0 Å². The average Bonchev–Trinajstić information content (AvgIpc) is 3.11. The fourth-order valence-corrected chi connectivity index (χ4v) is 4.33. The molecule has 1 unspecified atom stereocenters. The number of nitrogens with zero attached hydrogens (tertiary/aromatic N) is 2. The molecule has 1 aromatic rings. The lowest BCUT2D eigenvalue weighted by molar-refractivity contribution is -0.147. The topological polar surface area (TPSA) is 23.6 Å². The first-order chi connectivity index (χ1) is 10.1. The molecule has 5 heteroatoms. The van der Waals surface area contributed by atoms with Crippen molar-refractivity contribution < 1.29 is 9.18 Å². The van der Waals surface area contributed by atoms with Crippen molar-refractivity contribution in [3.05, 3.63) is 21.9 Å². The smallest absolute Gasteiger partial charge is 0.261 e. The van der Waals surface area contributed by atoms with Crippen LogP contribution in [-0.4, -0.2) is 47.6 Å². The third-order valence-electron chi connectivity index (χ3n) is 4.63. The minimum atomic E-state index is -1.67. The molecule has 21 heavy (non-hydrogen) atoms. The van der Waals surface area contributed by atoms with Crippen molar-refractivity contribution in [3.8, 4) is 0 Å². The van der Waals surface area contributed by atoms with E-state index in [9.17, 15) is 4.79 Å². The van der Waals surface area contributed by atoms with Crippen molar-refractivity contribution >= 4 is 17.2 Å². The number of thiophene rings is 1. The van der Waals surface area contributed by atoms with Gasteiger partial charge in [0.15, 0.2) is 0 Å². The third-order valence-corrected chi connectivity index (χ3v) is 5.64. The Labute approximate surface area is 129 Å². The summed E-state index contributed by atoms with van der Waals surface area (Å²) in [6.07, 6.45) is 3.17. The summed E-state index contributed by atoms with van der Waals surface area (Å²) in [6, 6.07) is 2.10. The highest BCUT2D eigenvalue weighted by molar-refractivity contribution is 7.10. The van der Waals surface area contributed by atoms with Gasteiger partial charge >= 0.3 is 0 Å². The first kappa shape index (κ1) is 15.0. The van der Waals surface area contributed by atoms with Gasteiger partial charge in [-0.2, -0.15) is 0 Å². The summed E-state index contributed by atoms with van der Waals surface area (Å²) in [4.78, 5) is 17.6. The number of piperidine rings is 1. The molecule has 0 aromatic carbocycles. The van der Waals surface area contributed by atoms with Gasteiger partial charge in [-0.25, -0.2) is 4.39 Å². The number of carbonyl (C=O) groups excluding carboxylic acids is 1. The quantitative estimate of drug-likeness (QED) is 0.857. The molecule has 3 nitrogen and oxygen atoms in total. The number of likely N-dealkylation sites (tertiary alicyclic amines) is 2. The number of amides is 1. The van der Waals surface area contributed by atoms with E-state index in [2.05, 4.69) is 23.3 Å². The number of carbonyl (C=O) groups is 1. The number of hydrogen-bond acceptors (Lipinski definition) is 3. The summed E-state index contributed by atoms with van der Waals surface area (Å²) >= 11 is 1.72. The number of halogens is 1. The molecule has 2 aliphatic rings. The molecular formula is C16H23FN2OS. The fourth-order valence-electron chi connectivity index (χ4n) is 3.38. The Morgan fingerprint density at radius 1 is 1.33 bits per heavy atom. The summed E-state index contributed by atoms with van der Waals surface area (Å²) in [6.45, 7) is 5.45. The van der Waals surface area contributed by atoms with E-state index in [-0.39, 0.29) is 12.5 Å². The Hall–Kier alpha value is -0.940. The van der Waals surface area contributed by atoms with Crippen LogP contribution in [0.15, 0.2) is 11.4 Å². The van der Waals surface area contributed by atoms with Crippen LogP contribution in [0.4, 0.5) is 4.39 Å². The summed E-state index contributed by atoms with van der Waals surface area (Å²) < 4.78 is 15.2. The lowest BCUT2D eigenvalue weighted by Crippen LogP contribution is -2.54. The largest absolute Gasteiger partial charge is 0.340 e. The van der Waals surface area contributed by atoms with Crippen molar-refractivity contribution in [3.63, 3.8) is 0 Å². The van der Waals surface area contributed by atoms with Crippen LogP contribution in [-0.2, 0) is 11.3 Å². The maximum Gasteiger partial charge on any atom is 0.261 e. The van der Waals surface area contributed by atoms with Crippen molar-refractivity contribution in [2.45, 2.75) is 44.8 Å². The van der Waals surface area contributed by atoms with Gasteiger partial charge in [0.25, 0.3) is 5.91 Å². The van der Waals surface area contributed by atoms with Gasteiger partial charge in [-0.3, -0.25) is 9.69 Å². The van der Waals surface area contributed by atoms with Crippen LogP contribution in [0.1, 0.15) is 36.1 Å². The van der Waals surface area contributed by atoms with E-state index < -0.39 is 5.67 Å². The Kier molecular flexibility index (Phi) is 4.31. The summed E-state index contributed by atoms with van der Waals surface area (Å²) in [7, 11) is 0. The van der Waals surface area contributed by atoms with E-state index in [4.69, 9.17) is 0 Å². The molecule has 2 fully saturated rings. The summed E-state index contributed by atoms with van der Waals surface area (Å²) in [5.74, 6) is -0.271. The SMILES string of the molecule is Cc1ccsc1CN1CCCC(F)(C(=O)N2CCCC2)C1. The van der Waals surface area contributed by atoms with Crippen LogP contribution >= 0.6 is 11.3 Å². The highest BCUT2D eigenvalue weighted by Gasteiger charge is 2.45. The molecule has 1 atom stereocenters. The first-order valence-corrected chi connectivity index (χ1v) is 8.70. The predicted molar refractivity (Wildman–Crippen MR) is 83.2 cm³/mol. The second-order valence-corrected chi connectivity index (χ2v) is 7.31. The number of aryl methyl sites for hydroxylation is 1. The molecule has 3 heterocycles. The van der Waals surface area contributed by atoms with Crippen molar-refractivity contribution in [1.82, 2.24) is 9.80 Å². The van der Waals surface area contributed by atoms with E-state index in [1.54, 1.807) is 16.2 Å². The van der Waals surface area contributed by atoms with Gasteiger partial charge in [-0.1, -0.05) is 0 Å². The maximum absolute atomic E-state index is 15.2. The van der Waals surface area contributed by atoms with Crippen LogP contribution in [0.25, 0.3) is 0 Å². The standard InChI is InChI=1S/C16H23FN2OS/c1-13-5-10-21-14(13)11-18-7-4-6-16(17,12-18)15(20)19-8-2-3-9-19/h5,10H,2-4,6-9,11-12H2,1H3. The first-order valence-electron chi connectivity index (χ1n) is 7.82. The van der Waals surface area contributed by atoms with E-state index in [1.807, 2.05) is 0 Å². The predicted octanol–water partition coefficient (Wildman–Crippen LogP) is 2.98. The minimum absolute atomic E-state index is 0.250. The van der Waals surface area contributed by atoms with Crippen molar-refractivity contribution in [1.29, 1.82) is 0 Å². The van der Waals surface area contributed by atoms with Gasteiger partial charge in [0.2, 0.25) is 5.67 Å². The van der Waals surface area contributed by atoms with Gasteiger partial charge in [0, 0.05) is 31.1 Å². The summed E-state index contributed by atoms with van der Waals surface area (Å²) in [5, 5.41) is 2.08. The molecule has 0 spiro atoms. The molecular weight excluding hydrogens is 287 g/mol. The fraction of sp³-hybridized carbons (Fsp3) is 0.688. The molecule has 0 aliphatic carbocycles. The van der Waals surface area contributed by atoms with Gasteiger partial charge in [-0.15, -0.1) is 11.3 Å². The van der Waals surface area contributed by atoms with E-state index in [0.29, 0.717) is 6.42 Å². The second-order valence-electron chi connectivity index (χ2n) is 6.31. The van der Waals surface area contributed by atoms with Crippen LogP contribution < -0.4 is 0 Å². The lowest BCUT2D eigenvalue weighted by Gasteiger charge is -2.38. The molecule has 1 aromatic heterocycles. The Bertz CT molecular complexity index is 512. The van der Waals surface area contributed by atoms with Gasteiger partial charge < -0.3 is 4.90 Å². The molecule has 0 saturated carbocycles. The highest BCUT2D eigenvalue weighted by Crippen LogP contribution is 2.30. The zero-order valence-electron chi connectivity index (χ0n) is 12.6. The van der Waals surface area contributed by atoms with Gasteiger partial charge in [0.05, 0.1) is 0 Å². The third kappa shape index (κ3) is 3.14. The molecule has 0 N–H and O–H groups in total. The van der Waals surface area contributed by atoms with E-state index >= 15 is 4.39 Å². The Balaban J connectivity index is 1.66. The van der Waals surface area contributed by atoms with E-state index in [1.165, 1.54) is 10.4 Å². The van der Waals surface area contributed by atoms with Gasteiger partial charge in [0.1, 0.15) is 0 Å². The average molecular weight is 310 g/mol. The normalized spacial score (nSPS) is 27.2. The molecule has 2 aliphatic heterocycles. The molecule has 0 bridgehead atoms. The Morgan fingerprint density at radius 3 is 2.76 bits per heavy atom. The molecule has 2 saturated heterocycles. The van der Waals surface area contributed by atoms with Crippen LogP contribution in [0.2, 0.25) is 0 Å². The number of rotatable bonds is 3. The van der Waals surface area contributed by atoms with Crippen molar-refractivity contribution in [2.75, 3.05) is 26.2 Å². The molecule has 116 valence electrons. The summed E-state index contributed by atoms with van der Waals surface area (Å²) in [5.41, 5.74) is -0.408. The molecule has 0 radical (unpaired) electrons. The lowest BCUT2D eigenvalue weighted by atomic mass is 9.93. The van der Waals surface area contributed by atoms with Crippen LogP contribution in [0, 0.1) is 6.92 Å². The molecule has 3 rings (SSSR count). The zero-order valence-corrected chi connectivity index (χ0v) is 13.4. The highest BCUT2D eigenvalue weighted by atomic mass is 32.1. The Morgan fingerprint density at radius 2 is 2.10 bits per heavy atom.